The fourth-order valence-electron chi connectivity index (χ4n) is 4.41. The molecule has 4 nitrogen and oxygen atoms in total. The number of hydrogen-bond acceptors (Lipinski definition) is 4. The van der Waals surface area contributed by atoms with Crippen LogP contribution in [0, 0.1) is 0 Å². The fraction of sp³-hybridized carbons (Fsp3) is 0.304. The first-order chi connectivity index (χ1) is 14.7. The summed E-state index contributed by atoms with van der Waals surface area (Å²) in [5.41, 5.74) is 0.980. The Labute approximate surface area is 191 Å². The van der Waals surface area contributed by atoms with Crippen molar-refractivity contribution in [3.8, 4) is 0 Å². The van der Waals surface area contributed by atoms with Crippen molar-refractivity contribution >= 4 is 40.7 Å². The van der Waals surface area contributed by atoms with Crippen molar-refractivity contribution < 1.29 is 4.42 Å². The lowest BCUT2D eigenvalue weighted by Crippen LogP contribution is -2.37. The van der Waals surface area contributed by atoms with Gasteiger partial charge in [-0.15, -0.1) is 0 Å². The van der Waals surface area contributed by atoms with E-state index in [1.807, 2.05) is 48.7 Å². The zero-order chi connectivity index (χ0) is 20.5. The summed E-state index contributed by atoms with van der Waals surface area (Å²) in [6.45, 7) is 0. The molecule has 2 aliphatic rings. The highest BCUT2D eigenvalue weighted by Gasteiger charge is 2.45. The third-order valence-corrected chi connectivity index (χ3v) is 7.29. The van der Waals surface area contributed by atoms with Gasteiger partial charge in [0.2, 0.25) is 0 Å². The largest absolute Gasteiger partial charge is 0.452 e. The predicted octanol–water partition coefficient (Wildman–Crippen LogP) is 6.39. The summed E-state index contributed by atoms with van der Waals surface area (Å²) in [6.07, 6.45) is 6.67. The number of rotatable bonds is 5. The summed E-state index contributed by atoms with van der Waals surface area (Å²) in [6, 6.07) is 18.3. The van der Waals surface area contributed by atoms with Crippen LogP contribution in [0.3, 0.4) is 0 Å². The second-order valence-electron chi connectivity index (χ2n) is 7.68. The topological polar surface area (TPSA) is 41.3 Å². The van der Waals surface area contributed by atoms with Gasteiger partial charge in [0, 0.05) is 22.2 Å². The number of nitrogens with one attached hydrogen (secondary N) is 1. The van der Waals surface area contributed by atoms with Crippen molar-refractivity contribution in [3.63, 3.8) is 0 Å². The number of halogens is 1. The van der Waals surface area contributed by atoms with Crippen molar-refractivity contribution in [2.24, 2.45) is 0 Å². The molecule has 2 atom stereocenters. The Balaban J connectivity index is 1.47. The van der Waals surface area contributed by atoms with Gasteiger partial charge in [0.15, 0.2) is 10.2 Å². The van der Waals surface area contributed by atoms with Crippen molar-refractivity contribution in [1.82, 2.24) is 15.2 Å². The van der Waals surface area contributed by atoms with Crippen LogP contribution in [0.2, 0.25) is 5.02 Å². The summed E-state index contributed by atoms with van der Waals surface area (Å²) in [5, 5.41) is 5.91. The molecule has 0 bridgehead atoms. The van der Waals surface area contributed by atoms with Crippen LogP contribution in [0.1, 0.15) is 49.2 Å². The van der Waals surface area contributed by atoms with E-state index in [1.165, 1.54) is 25.7 Å². The molecule has 0 unspecified atom stereocenters. The Morgan fingerprint density at radius 2 is 1.87 bits per heavy atom. The number of thiocarbonyl (C=S) groups is 1. The Hall–Kier alpha value is -2.02. The third kappa shape index (κ3) is 3.96. The summed E-state index contributed by atoms with van der Waals surface area (Å²) >= 11 is 13.4. The summed E-state index contributed by atoms with van der Waals surface area (Å²) < 4.78 is 6.35. The Morgan fingerprint density at radius 3 is 2.60 bits per heavy atom. The van der Waals surface area contributed by atoms with E-state index in [9.17, 15) is 0 Å². The van der Waals surface area contributed by atoms with E-state index in [0.717, 1.165) is 31.6 Å². The number of nitrogens with zero attached hydrogens (tertiary/aromatic N) is 2. The minimum absolute atomic E-state index is 0.00457. The SMILES string of the molecule is S=C1N[C@H](c2ccccn2)[C@@H](c2ccc(Sc3ccc(Cl)cc3)o2)N1C1CCCC1. The van der Waals surface area contributed by atoms with Crippen LogP contribution in [0.15, 0.2) is 75.2 Å². The van der Waals surface area contributed by atoms with Gasteiger partial charge >= 0.3 is 0 Å². The van der Waals surface area contributed by atoms with E-state index in [2.05, 4.69) is 27.3 Å². The molecule has 3 heterocycles. The fourth-order valence-corrected chi connectivity index (χ4v) is 5.71. The predicted molar refractivity (Wildman–Crippen MR) is 124 cm³/mol. The van der Waals surface area contributed by atoms with Gasteiger partial charge in [0.05, 0.1) is 11.7 Å². The summed E-state index contributed by atoms with van der Waals surface area (Å²) in [5.74, 6) is 0.918. The molecule has 1 aliphatic heterocycles. The number of aromatic nitrogens is 1. The second-order valence-corrected chi connectivity index (χ2v) is 9.59. The molecule has 1 aliphatic carbocycles. The van der Waals surface area contributed by atoms with Gasteiger partial charge in [-0.05, 0) is 73.6 Å². The van der Waals surface area contributed by atoms with Gasteiger partial charge in [-0.3, -0.25) is 4.98 Å². The maximum atomic E-state index is 6.35. The minimum Gasteiger partial charge on any atom is -0.452 e. The molecular formula is C23H22ClN3OS2. The van der Waals surface area contributed by atoms with E-state index in [-0.39, 0.29) is 12.1 Å². The van der Waals surface area contributed by atoms with Gasteiger partial charge in [0.1, 0.15) is 11.8 Å². The standard InChI is InChI=1S/C23H22ClN3OS2/c24-15-8-10-17(11-9-15)30-20-13-12-19(28-20)22-21(18-7-3-4-14-25-18)26-23(29)27(22)16-5-1-2-6-16/h3-4,7-14,16,21-22H,1-2,5-6H2,(H,26,29)/t21-,22-/m1/s1. The normalized spacial score (nSPS) is 21.9. The quantitative estimate of drug-likeness (QED) is 0.449. The Bertz CT molecular complexity index is 1020. The van der Waals surface area contributed by atoms with Gasteiger partial charge in [-0.1, -0.05) is 42.3 Å². The number of hydrogen-bond donors (Lipinski definition) is 1. The molecule has 5 rings (SSSR count). The van der Waals surface area contributed by atoms with Crippen molar-refractivity contribution in [3.05, 3.63) is 77.3 Å². The maximum absolute atomic E-state index is 6.35. The minimum atomic E-state index is -0.0289. The van der Waals surface area contributed by atoms with Crippen LogP contribution in [-0.4, -0.2) is 21.0 Å². The highest BCUT2D eigenvalue weighted by molar-refractivity contribution is 7.99. The van der Waals surface area contributed by atoms with E-state index in [4.69, 9.17) is 28.2 Å². The Morgan fingerprint density at radius 1 is 1.07 bits per heavy atom. The highest BCUT2D eigenvalue weighted by atomic mass is 35.5. The third-order valence-electron chi connectivity index (χ3n) is 5.78. The second kappa shape index (κ2) is 8.61. The van der Waals surface area contributed by atoms with Gasteiger partial charge in [-0.2, -0.15) is 0 Å². The molecule has 1 N–H and O–H groups in total. The van der Waals surface area contributed by atoms with Crippen molar-refractivity contribution in [2.45, 2.75) is 53.8 Å². The molecule has 2 fully saturated rings. The average Bonchev–Trinajstić information content (AvgIpc) is 3.50. The lowest BCUT2D eigenvalue weighted by Gasteiger charge is -2.31. The Kier molecular flexibility index (Phi) is 5.72. The van der Waals surface area contributed by atoms with Crippen LogP contribution >= 0.6 is 35.6 Å². The van der Waals surface area contributed by atoms with Crippen molar-refractivity contribution in [2.75, 3.05) is 0 Å². The molecule has 0 amide bonds. The highest BCUT2D eigenvalue weighted by Crippen LogP contribution is 2.44. The van der Waals surface area contributed by atoms with Gasteiger partial charge in [-0.25, -0.2) is 0 Å². The molecule has 1 saturated carbocycles. The smallest absolute Gasteiger partial charge is 0.170 e. The van der Waals surface area contributed by atoms with Crippen LogP contribution in [0.5, 0.6) is 0 Å². The number of benzene rings is 1. The number of furan rings is 1. The summed E-state index contributed by atoms with van der Waals surface area (Å²) in [4.78, 5) is 8.06. The van der Waals surface area contributed by atoms with Gasteiger partial charge in [0.25, 0.3) is 0 Å². The van der Waals surface area contributed by atoms with Crippen LogP contribution in [0.25, 0.3) is 0 Å². The van der Waals surface area contributed by atoms with E-state index >= 15 is 0 Å². The lowest BCUT2D eigenvalue weighted by atomic mass is 10.0. The molecule has 154 valence electrons. The van der Waals surface area contributed by atoms with E-state index in [0.29, 0.717) is 6.04 Å². The first-order valence-electron chi connectivity index (χ1n) is 10.2. The lowest BCUT2D eigenvalue weighted by molar-refractivity contribution is 0.210. The number of pyridine rings is 1. The molecule has 0 spiro atoms. The maximum Gasteiger partial charge on any atom is 0.170 e. The molecule has 3 aromatic rings. The summed E-state index contributed by atoms with van der Waals surface area (Å²) in [7, 11) is 0. The zero-order valence-corrected chi connectivity index (χ0v) is 18.7. The molecule has 7 heteroatoms. The molecule has 0 radical (unpaired) electrons. The molecule has 1 saturated heterocycles. The molecule has 30 heavy (non-hydrogen) atoms. The monoisotopic (exact) mass is 455 g/mol. The molecular weight excluding hydrogens is 434 g/mol. The van der Waals surface area contributed by atoms with Crippen LogP contribution < -0.4 is 5.32 Å². The first kappa shape index (κ1) is 19.9. The zero-order valence-electron chi connectivity index (χ0n) is 16.3. The van der Waals surface area contributed by atoms with Crippen LogP contribution in [0.4, 0.5) is 0 Å². The molecule has 2 aromatic heterocycles. The van der Waals surface area contributed by atoms with Gasteiger partial charge < -0.3 is 14.6 Å². The molecule has 1 aromatic carbocycles. The van der Waals surface area contributed by atoms with Crippen molar-refractivity contribution in [1.29, 1.82) is 0 Å². The first-order valence-corrected chi connectivity index (χ1v) is 11.8. The van der Waals surface area contributed by atoms with Crippen LogP contribution in [-0.2, 0) is 0 Å². The van der Waals surface area contributed by atoms with E-state index < -0.39 is 0 Å². The average molecular weight is 456 g/mol. The van der Waals surface area contributed by atoms with E-state index in [1.54, 1.807) is 11.8 Å².